The molecule has 0 aromatic heterocycles. The van der Waals surface area contributed by atoms with Gasteiger partial charge >= 0.3 is 0 Å². The Morgan fingerprint density at radius 1 is 1.16 bits per heavy atom. The summed E-state index contributed by atoms with van der Waals surface area (Å²) in [6, 6.07) is 11.2. The van der Waals surface area contributed by atoms with Crippen LogP contribution in [0.1, 0.15) is 15.9 Å². The molecule has 0 spiro atoms. The third-order valence-corrected chi connectivity index (χ3v) is 3.80. The summed E-state index contributed by atoms with van der Waals surface area (Å²) in [6.07, 6.45) is 0. The van der Waals surface area contributed by atoms with E-state index in [0.717, 1.165) is 5.56 Å². The highest BCUT2D eigenvalue weighted by Crippen LogP contribution is 2.19. The van der Waals surface area contributed by atoms with Gasteiger partial charge in [-0.25, -0.2) is 4.39 Å². The maximum atomic E-state index is 13.1. The van der Waals surface area contributed by atoms with Crippen LogP contribution in [-0.2, 0) is 11.3 Å². The lowest BCUT2D eigenvalue weighted by atomic mass is 10.1. The van der Waals surface area contributed by atoms with Crippen molar-refractivity contribution >= 4 is 29.1 Å². The Hall–Kier alpha value is -2.44. The van der Waals surface area contributed by atoms with Gasteiger partial charge in [0.25, 0.3) is 5.91 Å². The molecule has 0 heterocycles. The van der Waals surface area contributed by atoms with E-state index in [9.17, 15) is 14.0 Å². The van der Waals surface area contributed by atoms with E-state index in [1.165, 1.54) is 18.2 Å². The number of carbonyl (C=O) groups is 2. The van der Waals surface area contributed by atoms with Gasteiger partial charge in [-0.2, -0.15) is 0 Å². The summed E-state index contributed by atoms with van der Waals surface area (Å²) in [4.78, 5) is 25.4. The summed E-state index contributed by atoms with van der Waals surface area (Å²) in [5, 5.41) is 5.20. The third-order valence-electron chi connectivity index (χ3n) is 3.51. The fourth-order valence-corrected chi connectivity index (χ4v) is 2.47. The Kier molecular flexibility index (Phi) is 6.50. The first-order valence-electron chi connectivity index (χ1n) is 7.63. The first-order chi connectivity index (χ1) is 11.9. The minimum atomic E-state index is -0.531. The molecule has 0 aliphatic carbocycles. The van der Waals surface area contributed by atoms with Gasteiger partial charge in [0.05, 0.1) is 11.6 Å². The van der Waals surface area contributed by atoms with Crippen LogP contribution >= 0.6 is 11.6 Å². The fraction of sp³-hybridized carbons (Fsp3) is 0.222. The van der Waals surface area contributed by atoms with E-state index >= 15 is 0 Å². The van der Waals surface area contributed by atoms with Gasteiger partial charge in [-0.1, -0.05) is 23.7 Å². The lowest BCUT2D eigenvalue weighted by Gasteiger charge is -2.16. The van der Waals surface area contributed by atoms with Gasteiger partial charge in [-0.3, -0.25) is 14.5 Å². The summed E-state index contributed by atoms with van der Waals surface area (Å²) in [6.45, 7) is 0.706. The van der Waals surface area contributed by atoms with E-state index in [1.807, 2.05) is 24.1 Å². The van der Waals surface area contributed by atoms with Crippen molar-refractivity contribution in [1.82, 2.24) is 10.2 Å². The number of hydrogen-bond donors (Lipinski definition) is 2. The molecule has 0 unspecified atom stereocenters. The van der Waals surface area contributed by atoms with Crippen molar-refractivity contribution in [3.05, 3.63) is 64.4 Å². The number of benzene rings is 2. The van der Waals surface area contributed by atoms with Crippen molar-refractivity contribution in [2.75, 3.05) is 26.0 Å². The zero-order chi connectivity index (χ0) is 18.4. The highest BCUT2D eigenvalue weighted by molar-refractivity contribution is 6.31. The van der Waals surface area contributed by atoms with Crippen molar-refractivity contribution in [2.45, 2.75) is 6.54 Å². The Labute approximate surface area is 150 Å². The maximum absolute atomic E-state index is 13.1. The number of halogens is 2. The van der Waals surface area contributed by atoms with Crippen molar-refractivity contribution in [1.29, 1.82) is 0 Å². The molecule has 25 heavy (non-hydrogen) atoms. The molecule has 0 aliphatic rings. The van der Waals surface area contributed by atoms with Crippen LogP contribution in [0.5, 0.6) is 0 Å². The zero-order valence-electron chi connectivity index (χ0n) is 14.0. The van der Waals surface area contributed by atoms with Gasteiger partial charge < -0.3 is 10.6 Å². The molecule has 5 nitrogen and oxygen atoms in total. The minimum Gasteiger partial charge on any atom is -0.355 e. The highest BCUT2D eigenvalue weighted by atomic mass is 35.5. The molecule has 0 saturated carbocycles. The molecule has 0 saturated heterocycles. The van der Waals surface area contributed by atoms with Gasteiger partial charge in [0, 0.05) is 24.8 Å². The Balaban J connectivity index is 1.88. The van der Waals surface area contributed by atoms with Crippen molar-refractivity contribution in [3.63, 3.8) is 0 Å². The number of likely N-dealkylation sites (N-methyl/N-ethyl adjacent to an activating group) is 1. The summed E-state index contributed by atoms with van der Waals surface area (Å²) in [7, 11) is 3.39. The number of nitrogens with zero attached hydrogens (tertiary/aromatic N) is 1. The molecular formula is C18H19ClFN3O2. The van der Waals surface area contributed by atoms with Gasteiger partial charge in [0.15, 0.2) is 0 Å². The molecular weight excluding hydrogens is 345 g/mol. The van der Waals surface area contributed by atoms with Gasteiger partial charge in [-0.15, -0.1) is 0 Å². The van der Waals surface area contributed by atoms with Crippen LogP contribution in [0.25, 0.3) is 0 Å². The molecule has 2 amide bonds. The van der Waals surface area contributed by atoms with E-state index < -0.39 is 5.82 Å². The van der Waals surface area contributed by atoms with Crippen LogP contribution in [0, 0.1) is 5.82 Å². The van der Waals surface area contributed by atoms with Gasteiger partial charge in [-0.05, 0) is 42.9 Å². The van der Waals surface area contributed by atoms with Gasteiger partial charge in [0.1, 0.15) is 5.82 Å². The van der Waals surface area contributed by atoms with Crippen molar-refractivity contribution < 1.29 is 14.0 Å². The quantitative estimate of drug-likeness (QED) is 0.829. The third kappa shape index (κ3) is 5.55. The predicted octanol–water partition coefficient (Wildman–Crippen LogP) is 2.91. The van der Waals surface area contributed by atoms with E-state index in [0.29, 0.717) is 17.8 Å². The zero-order valence-corrected chi connectivity index (χ0v) is 14.7. The average Bonchev–Trinajstić information content (AvgIpc) is 2.58. The van der Waals surface area contributed by atoms with Crippen LogP contribution in [0.3, 0.4) is 0 Å². The van der Waals surface area contributed by atoms with Crippen LogP contribution in [0.4, 0.5) is 10.1 Å². The largest absolute Gasteiger partial charge is 0.355 e. The molecule has 0 radical (unpaired) electrons. The number of hydrogen-bond acceptors (Lipinski definition) is 3. The normalized spacial score (nSPS) is 10.6. The SMILES string of the molecule is CNC(=O)c1ccc(CN(C)CC(=O)Nc2ccc(F)c(Cl)c2)cc1. The summed E-state index contributed by atoms with van der Waals surface area (Å²) >= 11 is 5.69. The predicted molar refractivity (Wildman–Crippen MR) is 96.2 cm³/mol. The minimum absolute atomic E-state index is 0.0395. The second kappa shape index (κ2) is 8.60. The smallest absolute Gasteiger partial charge is 0.251 e. The summed E-state index contributed by atoms with van der Waals surface area (Å²) < 4.78 is 13.1. The van der Waals surface area contributed by atoms with Gasteiger partial charge in [0.2, 0.25) is 5.91 Å². The molecule has 2 rings (SSSR count). The number of carbonyl (C=O) groups excluding carboxylic acids is 2. The Bertz CT molecular complexity index is 765. The second-order valence-electron chi connectivity index (χ2n) is 5.63. The second-order valence-corrected chi connectivity index (χ2v) is 6.03. The Morgan fingerprint density at radius 3 is 2.44 bits per heavy atom. The monoisotopic (exact) mass is 363 g/mol. The van der Waals surface area contributed by atoms with Crippen molar-refractivity contribution in [3.8, 4) is 0 Å². The summed E-state index contributed by atoms with van der Waals surface area (Å²) in [5.74, 6) is -0.901. The molecule has 2 aromatic carbocycles. The Morgan fingerprint density at radius 2 is 1.84 bits per heavy atom. The molecule has 2 N–H and O–H groups in total. The van der Waals surface area contributed by atoms with E-state index in [1.54, 1.807) is 19.2 Å². The number of amides is 2. The lowest BCUT2D eigenvalue weighted by molar-refractivity contribution is -0.117. The van der Waals surface area contributed by atoms with Crippen LogP contribution in [0.2, 0.25) is 5.02 Å². The topological polar surface area (TPSA) is 61.4 Å². The maximum Gasteiger partial charge on any atom is 0.251 e. The lowest BCUT2D eigenvalue weighted by Crippen LogP contribution is -2.29. The van der Waals surface area contributed by atoms with E-state index in [4.69, 9.17) is 11.6 Å². The highest BCUT2D eigenvalue weighted by Gasteiger charge is 2.10. The van der Waals surface area contributed by atoms with Crippen LogP contribution < -0.4 is 10.6 Å². The molecule has 7 heteroatoms. The number of rotatable bonds is 6. The molecule has 0 atom stereocenters. The molecule has 0 fully saturated rings. The van der Waals surface area contributed by atoms with Crippen LogP contribution in [-0.4, -0.2) is 37.4 Å². The first kappa shape index (κ1) is 18.9. The molecule has 132 valence electrons. The van der Waals surface area contributed by atoms with Crippen molar-refractivity contribution in [2.24, 2.45) is 0 Å². The molecule has 0 bridgehead atoms. The fourth-order valence-electron chi connectivity index (χ4n) is 2.29. The molecule has 0 aliphatic heterocycles. The van der Waals surface area contributed by atoms with E-state index in [-0.39, 0.29) is 23.4 Å². The standard InChI is InChI=1S/C18H19ClFN3O2/c1-21-18(25)13-5-3-12(4-6-13)10-23(2)11-17(24)22-14-7-8-16(20)15(19)9-14/h3-9H,10-11H2,1-2H3,(H,21,25)(H,22,24). The molecule has 2 aromatic rings. The number of nitrogens with one attached hydrogen (secondary N) is 2. The average molecular weight is 364 g/mol. The van der Waals surface area contributed by atoms with E-state index in [2.05, 4.69) is 10.6 Å². The number of anilines is 1. The first-order valence-corrected chi connectivity index (χ1v) is 8.01. The summed E-state index contributed by atoms with van der Waals surface area (Å²) in [5.41, 5.74) is 2.01. The van der Waals surface area contributed by atoms with Crippen LogP contribution in [0.15, 0.2) is 42.5 Å².